The third-order valence-electron chi connectivity index (χ3n) is 5.92. The zero-order valence-corrected chi connectivity index (χ0v) is 19.0. The molecule has 8 heteroatoms. The second-order valence-electron chi connectivity index (χ2n) is 8.39. The Morgan fingerprint density at radius 3 is 2.29 bits per heavy atom. The SMILES string of the molecule is C[C@@H]1CN(S(=O)(=O)c2ccc(NC(=O)c3cccc4c3O[C@H](C)[C@H]4C)cc2)C[C@H](C)O1. The lowest BCUT2D eigenvalue weighted by molar-refractivity contribution is -0.0440. The van der Waals surface area contributed by atoms with Crippen molar-refractivity contribution in [3.8, 4) is 5.75 Å². The molecule has 0 aromatic heterocycles. The van der Waals surface area contributed by atoms with Gasteiger partial charge in [0.25, 0.3) is 5.91 Å². The average Bonchev–Trinajstić information content (AvgIpc) is 3.01. The van der Waals surface area contributed by atoms with E-state index in [0.717, 1.165) is 5.56 Å². The van der Waals surface area contributed by atoms with Gasteiger partial charge in [-0.15, -0.1) is 0 Å². The smallest absolute Gasteiger partial charge is 0.259 e. The molecule has 0 unspecified atom stereocenters. The van der Waals surface area contributed by atoms with Crippen LogP contribution in [0, 0.1) is 0 Å². The molecular formula is C23H28N2O5S. The number of ether oxygens (including phenoxy) is 2. The van der Waals surface area contributed by atoms with E-state index in [1.807, 2.05) is 32.9 Å². The summed E-state index contributed by atoms with van der Waals surface area (Å²) in [5.74, 6) is 0.553. The third-order valence-corrected chi connectivity index (χ3v) is 7.77. The number of hydrogen-bond acceptors (Lipinski definition) is 5. The number of carbonyl (C=O) groups excluding carboxylic acids is 1. The van der Waals surface area contributed by atoms with Gasteiger partial charge in [0.05, 0.1) is 22.7 Å². The minimum atomic E-state index is -3.62. The van der Waals surface area contributed by atoms with Crippen LogP contribution >= 0.6 is 0 Å². The van der Waals surface area contributed by atoms with Crippen molar-refractivity contribution in [1.29, 1.82) is 0 Å². The highest BCUT2D eigenvalue weighted by Crippen LogP contribution is 2.40. The van der Waals surface area contributed by atoms with Crippen molar-refractivity contribution in [2.75, 3.05) is 18.4 Å². The van der Waals surface area contributed by atoms with Crippen molar-refractivity contribution in [1.82, 2.24) is 4.31 Å². The monoisotopic (exact) mass is 444 g/mol. The molecule has 1 amide bonds. The van der Waals surface area contributed by atoms with Crippen molar-refractivity contribution < 1.29 is 22.7 Å². The second-order valence-corrected chi connectivity index (χ2v) is 10.3. The van der Waals surface area contributed by atoms with Crippen molar-refractivity contribution >= 4 is 21.6 Å². The molecule has 31 heavy (non-hydrogen) atoms. The first kappa shape index (κ1) is 21.8. The molecule has 2 heterocycles. The van der Waals surface area contributed by atoms with Crippen LogP contribution in [0.25, 0.3) is 0 Å². The number of nitrogens with zero attached hydrogens (tertiary/aromatic N) is 1. The van der Waals surface area contributed by atoms with Crippen LogP contribution in [0.3, 0.4) is 0 Å². The number of para-hydroxylation sites is 1. The average molecular weight is 445 g/mol. The molecule has 4 atom stereocenters. The number of morpholine rings is 1. The fraction of sp³-hybridized carbons (Fsp3) is 0.435. The maximum Gasteiger partial charge on any atom is 0.259 e. The number of carbonyl (C=O) groups is 1. The summed E-state index contributed by atoms with van der Waals surface area (Å²) in [5.41, 5.74) is 2.02. The highest BCUT2D eigenvalue weighted by Gasteiger charge is 2.33. The van der Waals surface area contributed by atoms with Crippen LogP contribution in [0.4, 0.5) is 5.69 Å². The topological polar surface area (TPSA) is 84.9 Å². The van der Waals surface area contributed by atoms with Crippen LogP contribution in [-0.2, 0) is 14.8 Å². The van der Waals surface area contributed by atoms with Gasteiger partial charge in [-0.2, -0.15) is 4.31 Å². The van der Waals surface area contributed by atoms with Gasteiger partial charge in [0.1, 0.15) is 11.9 Å². The number of anilines is 1. The van der Waals surface area contributed by atoms with E-state index in [0.29, 0.717) is 30.1 Å². The molecule has 0 aliphatic carbocycles. The molecular weight excluding hydrogens is 416 g/mol. The van der Waals surface area contributed by atoms with Crippen LogP contribution in [0.1, 0.15) is 49.5 Å². The minimum Gasteiger partial charge on any atom is -0.489 e. The number of rotatable bonds is 4. The molecule has 7 nitrogen and oxygen atoms in total. The molecule has 2 aromatic carbocycles. The molecule has 0 spiro atoms. The number of nitrogens with one attached hydrogen (secondary N) is 1. The van der Waals surface area contributed by atoms with Gasteiger partial charge in [-0.3, -0.25) is 4.79 Å². The molecule has 0 saturated carbocycles. The van der Waals surface area contributed by atoms with Crippen LogP contribution in [0.2, 0.25) is 0 Å². The number of fused-ring (bicyclic) bond motifs is 1. The van der Waals surface area contributed by atoms with E-state index in [1.165, 1.54) is 16.4 Å². The first-order valence-electron chi connectivity index (χ1n) is 10.5. The summed E-state index contributed by atoms with van der Waals surface area (Å²) in [6, 6.07) is 11.8. The van der Waals surface area contributed by atoms with Crippen molar-refractivity contribution in [3.05, 3.63) is 53.6 Å². The molecule has 2 aliphatic heterocycles. The molecule has 0 bridgehead atoms. The molecule has 0 radical (unpaired) electrons. The van der Waals surface area contributed by atoms with E-state index >= 15 is 0 Å². The van der Waals surface area contributed by atoms with Crippen LogP contribution in [-0.4, -0.2) is 50.0 Å². The highest BCUT2D eigenvalue weighted by molar-refractivity contribution is 7.89. The number of hydrogen-bond donors (Lipinski definition) is 1. The van der Waals surface area contributed by atoms with E-state index in [2.05, 4.69) is 12.2 Å². The van der Waals surface area contributed by atoms with Crippen molar-refractivity contribution in [3.63, 3.8) is 0 Å². The van der Waals surface area contributed by atoms with E-state index in [-0.39, 0.29) is 35.0 Å². The van der Waals surface area contributed by atoms with Gasteiger partial charge < -0.3 is 14.8 Å². The van der Waals surface area contributed by atoms with Crippen molar-refractivity contribution in [2.24, 2.45) is 0 Å². The molecule has 2 aromatic rings. The van der Waals surface area contributed by atoms with Crippen molar-refractivity contribution in [2.45, 2.75) is 56.8 Å². The van der Waals surface area contributed by atoms with Gasteiger partial charge in [-0.05, 0) is 51.1 Å². The van der Waals surface area contributed by atoms with Gasteiger partial charge in [-0.25, -0.2) is 8.42 Å². The first-order chi connectivity index (χ1) is 14.7. The number of amides is 1. The summed E-state index contributed by atoms with van der Waals surface area (Å²) >= 11 is 0. The second kappa shape index (κ2) is 8.26. The predicted octanol–water partition coefficient (Wildman–Crippen LogP) is 3.62. The number of sulfonamides is 1. The largest absolute Gasteiger partial charge is 0.489 e. The van der Waals surface area contributed by atoms with E-state index < -0.39 is 10.0 Å². The van der Waals surface area contributed by atoms with Gasteiger partial charge in [0, 0.05) is 30.3 Å². The van der Waals surface area contributed by atoms with Crippen LogP contribution in [0.15, 0.2) is 47.4 Å². The Kier molecular flexibility index (Phi) is 5.81. The Bertz CT molecular complexity index is 1070. The summed E-state index contributed by atoms with van der Waals surface area (Å²) in [4.78, 5) is 13.0. The minimum absolute atomic E-state index is 0.0130. The Morgan fingerprint density at radius 1 is 1.00 bits per heavy atom. The fourth-order valence-corrected chi connectivity index (χ4v) is 5.74. The lowest BCUT2D eigenvalue weighted by Gasteiger charge is -2.34. The maximum atomic E-state index is 13.0. The summed E-state index contributed by atoms with van der Waals surface area (Å²) in [7, 11) is -3.62. The predicted molar refractivity (Wildman–Crippen MR) is 118 cm³/mol. The standard InChI is InChI=1S/C23H28N2O5S/c1-14-12-25(13-15(2)29-14)31(27,28)19-10-8-18(9-11-19)24-23(26)21-7-5-6-20-16(3)17(4)30-22(20)21/h5-11,14-17H,12-13H2,1-4H3,(H,24,26)/t14-,15+,16-,17-/m1/s1. The zero-order valence-electron chi connectivity index (χ0n) is 18.2. The first-order valence-corrected chi connectivity index (χ1v) is 12.0. The maximum absolute atomic E-state index is 13.0. The molecule has 166 valence electrons. The Hall–Kier alpha value is -2.42. The Morgan fingerprint density at radius 2 is 1.65 bits per heavy atom. The Labute approximate surface area is 183 Å². The summed E-state index contributed by atoms with van der Waals surface area (Å²) < 4.78 is 39.0. The van der Waals surface area contributed by atoms with E-state index in [1.54, 1.807) is 18.2 Å². The van der Waals surface area contributed by atoms with Gasteiger partial charge >= 0.3 is 0 Å². The van der Waals surface area contributed by atoms with E-state index in [9.17, 15) is 13.2 Å². The molecule has 1 saturated heterocycles. The quantitative estimate of drug-likeness (QED) is 0.779. The molecule has 4 rings (SSSR count). The Balaban J connectivity index is 1.50. The lowest BCUT2D eigenvalue weighted by Crippen LogP contribution is -2.48. The van der Waals surface area contributed by atoms with E-state index in [4.69, 9.17) is 9.47 Å². The summed E-state index contributed by atoms with van der Waals surface area (Å²) in [6.45, 7) is 8.43. The summed E-state index contributed by atoms with van der Waals surface area (Å²) in [5, 5.41) is 2.84. The fourth-order valence-electron chi connectivity index (χ4n) is 4.15. The number of benzene rings is 2. The molecule has 1 fully saturated rings. The summed E-state index contributed by atoms with van der Waals surface area (Å²) in [6.07, 6.45) is -0.297. The van der Waals surface area contributed by atoms with Crippen LogP contribution < -0.4 is 10.1 Å². The highest BCUT2D eigenvalue weighted by atomic mass is 32.2. The molecule has 2 aliphatic rings. The van der Waals surface area contributed by atoms with Gasteiger partial charge in [0.2, 0.25) is 10.0 Å². The molecule has 1 N–H and O–H groups in total. The normalized spacial score (nSPS) is 26.2. The third kappa shape index (κ3) is 4.20. The lowest BCUT2D eigenvalue weighted by atomic mass is 9.97. The van der Waals surface area contributed by atoms with Gasteiger partial charge in [0.15, 0.2) is 0 Å². The van der Waals surface area contributed by atoms with Crippen LogP contribution in [0.5, 0.6) is 5.75 Å². The van der Waals surface area contributed by atoms with Gasteiger partial charge in [-0.1, -0.05) is 19.1 Å². The zero-order chi connectivity index (χ0) is 22.3.